The van der Waals surface area contributed by atoms with E-state index in [-0.39, 0.29) is 11.7 Å². The molecule has 4 nitrogen and oxygen atoms in total. The first-order valence-electron chi connectivity index (χ1n) is 7.82. The molecule has 0 radical (unpaired) electrons. The first kappa shape index (κ1) is 17.0. The van der Waals surface area contributed by atoms with Gasteiger partial charge in [-0.3, -0.25) is 4.79 Å². The molecule has 6 heteroatoms. The van der Waals surface area contributed by atoms with Crippen LogP contribution in [0.15, 0.2) is 48.5 Å². The molecule has 0 aliphatic heterocycles. The van der Waals surface area contributed by atoms with E-state index in [0.29, 0.717) is 12.1 Å². The van der Waals surface area contributed by atoms with Gasteiger partial charge in [0.05, 0.1) is 5.56 Å². The second-order valence-electron chi connectivity index (χ2n) is 5.85. The third-order valence-electron chi connectivity index (χ3n) is 4.02. The predicted molar refractivity (Wildman–Crippen MR) is 91.9 cm³/mol. The zero-order chi connectivity index (χ0) is 18.0. The average molecular weight is 344 g/mol. The minimum absolute atomic E-state index is 0.0946. The van der Waals surface area contributed by atoms with Crippen LogP contribution in [0.3, 0.4) is 0 Å². The molecule has 0 saturated heterocycles. The van der Waals surface area contributed by atoms with E-state index in [9.17, 15) is 13.6 Å². The van der Waals surface area contributed by atoms with Crippen LogP contribution in [0.5, 0.6) is 5.75 Å². The van der Waals surface area contributed by atoms with E-state index in [1.165, 1.54) is 12.1 Å². The molecule has 1 amide bonds. The third-order valence-corrected chi connectivity index (χ3v) is 4.02. The Balaban J connectivity index is 1.77. The van der Waals surface area contributed by atoms with Crippen molar-refractivity contribution in [2.24, 2.45) is 0 Å². The molecule has 1 N–H and O–H groups in total. The quantitative estimate of drug-likeness (QED) is 0.748. The third kappa shape index (κ3) is 3.63. The van der Waals surface area contributed by atoms with Gasteiger partial charge in [-0.15, -0.1) is 0 Å². The van der Waals surface area contributed by atoms with E-state index in [2.05, 4.69) is 9.72 Å². The number of alkyl halides is 2. The monoisotopic (exact) mass is 344 g/mol. The summed E-state index contributed by atoms with van der Waals surface area (Å²) in [5.41, 5.74) is 3.22. The minimum Gasteiger partial charge on any atom is -0.435 e. The molecule has 1 heterocycles. The fourth-order valence-corrected chi connectivity index (χ4v) is 2.87. The Bertz CT molecular complexity index is 888. The topological polar surface area (TPSA) is 45.3 Å². The van der Waals surface area contributed by atoms with Crippen LogP contribution in [-0.2, 0) is 6.54 Å². The molecule has 2 aromatic carbocycles. The summed E-state index contributed by atoms with van der Waals surface area (Å²) in [6, 6.07) is 13.9. The lowest BCUT2D eigenvalue weighted by molar-refractivity contribution is -0.0498. The number of amides is 1. The molecular formula is C19H18F2N2O2. The Kier molecular flexibility index (Phi) is 4.70. The first-order valence-corrected chi connectivity index (χ1v) is 7.82. The van der Waals surface area contributed by atoms with Gasteiger partial charge < -0.3 is 14.6 Å². The van der Waals surface area contributed by atoms with Gasteiger partial charge in [0.2, 0.25) is 0 Å². The van der Waals surface area contributed by atoms with E-state index in [1.54, 1.807) is 24.1 Å². The molecule has 1 aromatic heterocycles. The highest BCUT2D eigenvalue weighted by molar-refractivity contribution is 6.07. The van der Waals surface area contributed by atoms with E-state index in [0.717, 1.165) is 22.2 Å². The van der Waals surface area contributed by atoms with Crippen LogP contribution in [0.4, 0.5) is 8.78 Å². The Morgan fingerprint density at radius 3 is 2.52 bits per heavy atom. The second kappa shape index (κ2) is 6.93. The molecule has 0 bridgehead atoms. The number of nitrogens with zero attached hydrogens (tertiary/aromatic N) is 1. The van der Waals surface area contributed by atoms with Crippen molar-refractivity contribution in [3.05, 3.63) is 65.4 Å². The van der Waals surface area contributed by atoms with Gasteiger partial charge in [-0.2, -0.15) is 8.78 Å². The largest absolute Gasteiger partial charge is 0.435 e. The van der Waals surface area contributed by atoms with Crippen molar-refractivity contribution >= 4 is 16.8 Å². The average Bonchev–Trinajstić information content (AvgIpc) is 2.91. The molecule has 0 spiro atoms. The van der Waals surface area contributed by atoms with E-state index in [4.69, 9.17) is 0 Å². The van der Waals surface area contributed by atoms with Crippen LogP contribution < -0.4 is 4.74 Å². The van der Waals surface area contributed by atoms with Crippen LogP contribution in [0.25, 0.3) is 10.9 Å². The number of halogens is 2. The summed E-state index contributed by atoms with van der Waals surface area (Å²) in [6.45, 7) is -0.607. The van der Waals surface area contributed by atoms with Crippen molar-refractivity contribution in [2.45, 2.75) is 20.1 Å². The van der Waals surface area contributed by atoms with Crippen molar-refractivity contribution in [1.82, 2.24) is 9.88 Å². The maximum Gasteiger partial charge on any atom is 0.387 e. The Hall–Kier alpha value is -2.89. The summed E-state index contributed by atoms with van der Waals surface area (Å²) in [6.07, 6.45) is 0. The second-order valence-corrected chi connectivity index (χ2v) is 5.85. The number of aromatic amines is 1. The van der Waals surface area contributed by atoms with Gasteiger partial charge in [0.1, 0.15) is 5.75 Å². The SMILES string of the molecule is Cc1[nH]c2ccccc2c1C(=O)N(C)Cc1ccc(OC(F)F)cc1. The lowest BCUT2D eigenvalue weighted by Gasteiger charge is -2.18. The van der Waals surface area contributed by atoms with Crippen LogP contribution in [-0.4, -0.2) is 29.5 Å². The molecule has 25 heavy (non-hydrogen) atoms. The number of H-pyrrole nitrogens is 1. The standard InChI is InChI=1S/C19H18F2N2O2/c1-12-17(15-5-3-4-6-16(15)22-12)18(24)23(2)11-13-7-9-14(10-8-13)25-19(20)21/h3-10,19,22H,11H2,1-2H3. The molecule has 0 unspecified atom stereocenters. The predicted octanol–water partition coefficient (Wildman–Crippen LogP) is 4.35. The number of aryl methyl sites for hydroxylation is 1. The summed E-state index contributed by atoms with van der Waals surface area (Å²) in [5.74, 6) is 0.00283. The lowest BCUT2D eigenvalue weighted by Crippen LogP contribution is -2.26. The molecule has 3 aromatic rings. The van der Waals surface area contributed by atoms with E-state index >= 15 is 0 Å². The van der Waals surface area contributed by atoms with Crippen molar-refractivity contribution in [3.8, 4) is 5.75 Å². The highest BCUT2D eigenvalue weighted by Gasteiger charge is 2.19. The summed E-state index contributed by atoms with van der Waals surface area (Å²) in [5, 5.41) is 0.887. The fraction of sp³-hybridized carbons (Fsp3) is 0.211. The lowest BCUT2D eigenvalue weighted by atomic mass is 10.1. The van der Waals surface area contributed by atoms with Gasteiger partial charge in [-0.1, -0.05) is 30.3 Å². The zero-order valence-corrected chi connectivity index (χ0v) is 13.9. The van der Waals surface area contributed by atoms with Gasteiger partial charge in [-0.05, 0) is 30.7 Å². The van der Waals surface area contributed by atoms with Gasteiger partial charge in [-0.25, -0.2) is 0 Å². The molecular weight excluding hydrogens is 326 g/mol. The number of para-hydroxylation sites is 1. The summed E-state index contributed by atoms with van der Waals surface area (Å²) < 4.78 is 28.7. The van der Waals surface area contributed by atoms with Gasteiger partial charge >= 0.3 is 6.61 Å². The van der Waals surface area contributed by atoms with Crippen molar-refractivity contribution in [3.63, 3.8) is 0 Å². The molecule has 0 saturated carbocycles. The van der Waals surface area contributed by atoms with Crippen molar-refractivity contribution in [1.29, 1.82) is 0 Å². The molecule has 3 rings (SSSR count). The number of aromatic nitrogens is 1. The van der Waals surface area contributed by atoms with E-state index in [1.807, 2.05) is 31.2 Å². The molecule has 130 valence electrons. The summed E-state index contributed by atoms with van der Waals surface area (Å²) >= 11 is 0. The molecule has 0 fully saturated rings. The highest BCUT2D eigenvalue weighted by atomic mass is 19.3. The Morgan fingerprint density at radius 2 is 1.84 bits per heavy atom. The Labute approximate surface area is 144 Å². The number of carbonyl (C=O) groups is 1. The van der Waals surface area contributed by atoms with Crippen LogP contribution in [0.2, 0.25) is 0 Å². The molecule has 0 atom stereocenters. The first-order chi connectivity index (χ1) is 12.0. The zero-order valence-electron chi connectivity index (χ0n) is 13.9. The number of ether oxygens (including phenoxy) is 1. The van der Waals surface area contributed by atoms with Crippen LogP contribution in [0.1, 0.15) is 21.6 Å². The smallest absolute Gasteiger partial charge is 0.387 e. The number of rotatable bonds is 5. The number of carbonyl (C=O) groups excluding carboxylic acids is 1. The fourth-order valence-electron chi connectivity index (χ4n) is 2.87. The van der Waals surface area contributed by atoms with Gasteiger partial charge in [0, 0.05) is 30.2 Å². The summed E-state index contributed by atoms with van der Waals surface area (Å²) in [4.78, 5) is 17.7. The number of benzene rings is 2. The minimum atomic E-state index is -2.85. The van der Waals surface area contributed by atoms with Crippen LogP contribution >= 0.6 is 0 Å². The number of hydrogen-bond donors (Lipinski definition) is 1. The van der Waals surface area contributed by atoms with Crippen molar-refractivity contribution in [2.75, 3.05) is 7.05 Å². The van der Waals surface area contributed by atoms with E-state index < -0.39 is 6.61 Å². The number of fused-ring (bicyclic) bond motifs is 1. The molecule has 0 aliphatic carbocycles. The maximum atomic E-state index is 12.8. The van der Waals surface area contributed by atoms with Gasteiger partial charge in [0.25, 0.3) is 5.91 Å². The highest BCUT2D eigenvalue weighted by Crippen LogP contribution is 2.24. The number of hydrogen-bond acceptors (Lipinski definition) is 2. The van der Waals surface area contributed by atoms with Crippen molar-refractivity contribution < 1.29 is 18.3 Å². The molecule has 0 aliphatic rings. The summed E-state index contributed by atoms with van der Waals surface area (Å²) in [7, 11) is 1.72. The van der Waals surface area contributed by atoms with Gasteiger partial charge in [0.15, 0.2) is 0 Å². The number of nitrogens with one attached hydrogen (secondary N) is 1. The normalized spacial score (nSPS) is 11.1. The Morgan fingerprint density at radius 1 is 1.16 bits per heavy atom. The van der Waals surface area contributed by atoms with Crippen LogP contribution in [0, 0.1) is 6.92 Å². The maximum absolute atomic E-state index is 12.8.